The molecule has 2 amide bonds. The molecule has 1 atom stereocenters. The van der Waals surface area contributed by atoms with Crippen LogP contribution >= 0.6 is 11.3 Å². The van der Waals surface area contributed by atoms with Crippen molar-refractivity contribution in [2.75, 3.05) is 145 Å². The van der Waals surface area contributed by atoms with Crippen LogP contribution in [0.2, 0.25) is 0 Å². The minimum absolute atomic E-state index is 0.00417. The van der Waals surface area contributed by atoms with E-state index in [2.05, 4.69) is 19.9 Å². The van der Waals surface area contributed by atoms with Crippen LogP contribution in [-0.2, 0) is 78.5 Å². The SMILES string of the molecule is CCCN(OCC)C(=O)C1=Cc2sc(CN3CC(C(=O)NCCOCCOCCOCCOC(CO)OCCOCCOCCOCCOCCC(=O)Oc4c(F)c(F)c(S(=O)(=O)O)c(F)c4F)C3)cc2N=C(N)C1. The summed E-state index contributed by atoms with van der Waals surface area (Å²) in [7, 11) is -5.66. The van der Waals surface area contributed by atoms with E-state index in [9.17, 15) is 45.5 Å². The van der Waals surface area contributed by atoms with Crippen molar-refractivity contribution in [1.29, 1.82) is 0 Å². The Morgan fingerprint density at radius 2 is 1.33 bits per heavy atom. The maximum absolute atomic E-state index is 14.0. The van der Waals surface area contributed by atoms with Crippen LogP contribution in [0.3, 0.4) is 0 Å². The summed E-state index contributed by atoms with van der Waals surface area (Å²) in [4.78, 5) is 49.7. The number of carbonyl (C=O) groups is 3. The molecule has 1 aromatic heterocycles. The number of nitrogens with zero attached hydrogens (tertiary/aromatic N) is 3. The van der Waals surface area contributed by atoms with Crippen molar-refractivity contribution in [3.8, 4) is 5.75 Å². The van der Waals surface area contributed by atoms with E-state index in [1.54, 1.807) is 11.3 Å². The third-order valence-corrected chi connectivity index (χ3v) is 12.3. The lowest BCUT2D eigenvalue weighted by atomic mass is 9.99. The number of halogens is 4. The number of hydrogen-bond acceptors (Lipinski definition) is 21. The van der Waals surface area contributed by atoms with Crippen molar-refractivity contribution in [2.24, 2.45) is 16.6 Å². The first kappa shape index (κ1) is 63.2. The van der Waals surface area contributed by atoms with Gasteiger partial charge in [-0.2, -0.15) is 17.2 Å². The summed E-state index contributed by atoms with van der Waals surface area (Å²) in [5, 5.41) is 13.8. The molecule has 29 heteroatoms. The van der Waals surface area contributed by atoms with Gasteiger partial charge in [0.05, 0.1) is 142 Å². The fourth-order valence-electron chi connectivity index (χ4n) is 6.83. The van der Waals surface area contributed by atoms with Gasteiger partial charge in [0.25, 0.3) is 5.91 Å². The molecule has 1 saturated heterocycles. The Kier molecular flexibility index (Phi) is 29.0. The van der Waals surface area contributed by atoms with E-state index >= 15 is 0 Å². The molecule has 23 nitrogen and oxygen atoms in total. The quantitative estimate of drug-likeness (QED) is 0.0109. The molecule has 424 valence electrons. The summed E-state index contributed by atoms with van der Waals surface area (Å²) in [5.74, 6) is -12.7. The van der Waals surface area contributed by atoms with Gasteiger partial charge >= 0.3 is 16.1 Å². The number of ether oxygens (including phenoxy) is 10. The third kappa shape index (κ3) is 22.3. The van der Waals surface area contributed by atoms with Gasteiger partial charge < -0.3 is 63.5 Å². The number of likely N-dealkylation sites (tertiary alicyclic amines) is 1. The average Bonchev–Trinajstić information content (AvgIpc) is 3.65. The van der Waals surface area contributed by atoms with Crippen molar-refractivity contribution in [1.82, 2.24) is 15.3 Å². The van der Waals surface area contributed by atoms with Crippen LogP contribution in [0.5, 0.6) is 5.75 Å². The van der Waals surface area contributed by atoms with Gasteiger partial charge in [-0.05, 0) is 25.5 Å². The van der Waals surface area contributed by atoms with Crippen LogP contribution < -0.4 is 15.8 Å². The standard InChI is InChI=1S/C46H67F4N5O18S2/c1-3-7-55(72-4-2)46(59)31-24-35-34(53-36(51)25-31)26-33(74-35)29-54-27-32(28-54)45(58)52-6-9-64-11-13-66-16-18-68-20-22-70-38(30-56)71-23-21-69-19-17-67-15-14-65-12-10-63-8-5-37(57)73-43-39(47)41(49)44(75(60,61)62)42(50)40(43)48/h24,26,32,38,56H,3-23,25,27-30H2,1-2H3,(H2,51,53)(H,52,58)(H,60,61,62). The molecule has 75 heavy (non-hydrogen) atoms. The molecule has 2 aliphatic heterocycles. The van der Waals surface area contributed by atoms with E-state index in [0.717, 1.165) is 21.9 Å². The number of thiophene rings is 1. The number of amidine groups is 1. The van der Waals surface area contributed by atoms with Crippen LogP contribution in [-0.4, -0.2) is 203 Å². The smallest absolute Gasteiger partial charge is 0.313 e. The number of amides is 2. The first-order valence-electron chi connectivity index (χ1n) is 24.1. The molecule has 0 spiro atoms. The predicted molar refractivity (Wildman–Crippen MR) is 258 cm³/mol. The number of nitrogens with one attached hydrogen (secondary N) is 1. The van der Waals surface area contributed by atoms with Gasteiger partial charge in [-0.1, -0.05) is 6.92 Å². The first-order valence-corrected chi connectivity index (χ1v) is 26.4. The summed E-state index contributed by atoms with van der Waals surface area (Å²) in [5.41, 5.74) is 7.45. The Morgan fingerprint density at radius 1 is 0.813 bits per heavy atom. The summed E-state index contributed by atoms with van der Waals surface area (Å²) >= 11 is 1.56. The van der Waals surface area contributed by atoms with Gasteiger partial charge in [0.15, 0.2) is 22.8 Å². The van der Waals surface area contributed by atoms with Crippen molar-refractivity contribution in [3.05, 3.63) is 44.7 Å². The Morgan fingerprint density at radius 3 is 1.84 bits per heavy atom. The van der Waals surface area contributed by atoms with Crippen molar-refractivity contribution >= 4 is 56.8 Å². The number of aliphatic imine (C=N–C) groups is 1. The van der Waals surface area contributed by atoms with Crippen LogP contribution in [0.1, 0.15) is 42.9 Å². The Hall–Kier alpha value is -4.31. The third-order valence-electron chi connectivity index (χ3n) is 10.4. The Bertz CT molecular complexity index is 2240. The van der Waals surface area contributed by atoms with E-state index in [-0.39, 0.29) is 103 Å². The number of carbonyl (C=O) groups excluding carboxylic acids is 3. The molecule has 0 radical (unpaired) electrons. The van der Waals surface area contributed by atoms with Crippen molar-refractivity contribution < 1.29 is 102 Å². The number of aliphatic hydroxyl groups excluding tert-OH is 1. The van der Waals surface area contributed by atoms with E-state index in [1.165, 1.54) is 5.06 Å². The minimum Gasteiger partial charge on any atom is -0.420 e. The number of fused-ring (bicyclic) bond motifs is 1. The molecular weight excluding hydrogens is 1050 g/mol. The maximum Gasteiger partial charge on any atom is 0.313 e. The summed E-state index contributed by atoms with van der Waals surface area (Å²) in [6.45, 7) is 9.78. The Labute approximate surface area is 436 Å². The minimum atomic E-state index is -5.66. The molecule has 2 aliphatic rings. The van der Waals surface area contributed by atoms with Crippen LogP contribution in [0.4, 0.5) is 23.2 Å². The van der Waals surface area contributed by atoms with Gasteiger partial charge in [0.1, 0.15) is 5.84 Å². The van der Waals surface area contributed by atoms with E-state index < -0.39 is 62.7 Å². The molecule has 5 N–H and O–H groups in total. The molecule has 1 aromatic carbocycles. The molecule has 1 fully saturated rings. The molecule has 2 aromatic rings. The highest BCUT2D eigenvalue weighted by atomic mass is 32.2. The molecule has 0 aliphatic carbocycles. The molecule has 3 heterocycles. The lowest BCUT2D eigenvalue weighted by Crippen LogP contribution is -2.53. The van der Waals surface area contributed by atoms with Gasteiger partial charge in [-0.15, -0.1) is 11.3 Å². The zero-order chi connectivity index (χ0) is 54.6. The number of esters is 1. The monoisotopic (exact) mass is 1120 g/mol. The number of hydroxylamine groups is 2. The highest BCUT2D eigenvalue weighted by Gasteiger charge is 2.35. The first-order chi connectivity index (χ1) is 36.1. The normalized spacial score (nSPS) is 14.5. The molecular formula is C46H67F4N5O18S2. The molecule has 4 rings (SSSR count). The fourth-order valence-corrected chi connectivity index (χ4v) is 8.58. The maximum atomic E-state index is 14.0. The van der Waals surface area contributed by atoms with E-state index in [0.29, 0.717) is 83.8 Å². The average molecular weight is 1120 g/mol. The number of aliphatic hydroxyl groups is 1. The largest absolute Gasteiger partial charge is 0.420 e. The van der Waals surface area contributed by atoms with Crippen LogP contribution in [0.25, 0.3) is 6.08 Å². The molecule has 0 bridgehead atoms. The summed E-state index contributed by atoms with van der Waals surface area (Å²) in [6, 6.07) is 1.99. The lowest BCUT2D eigenvalue weighted by molar-refractivity contribution is -0.180. The number of benzene rings is 1. The topological polar surface area (TPSA) is 284 Å². The number of hydrogen-bond donors (Lipinski definition) is 4. The lowest BCUT2D eigenvalue weighted by Gasteiger charge is -2.37. The van der Waals surface area contributed by atoms with Gasteiger partial charge in [-0.3, -0.25) is 28.7 Å². The van der Waals surface area contributed by atoms with Gasteiger partial charge in [-0.25, -0.2) is 18.8 Å². The second kappa shape index (κ2) is 34.5. The highest BCUT2D eigenvalue weighted by Crippen LogP contribution is 2.37. The number of nitrogens with two attached hydrogens (primary N) is 1. The zero-order valence-corrected chi connectivity index (χ0v) is 43.5. The zero-order valence-electron chi connectivity index (χ0n) is 41.9. The number of rotatable bonds is 40. The molecule has 1 unspecified atom stereocenters. The Balaban J connectivity index is 0.883. The second-order valence-corrected chi connectivity index (χ2v) is 18.7. The second-order valence-electron chi connectivity index (χ2n) is 16.2. The predicted octanol–water partition coefficient (Wildman–Crippen LogP) is 2.53. The fraction of sp³-hybridized carbons (Fsp3) is 0.652. The summed E-state index contributed by atoms with van der Waals surface area (Å²) < 4.78 is 139. The molecule has 0 saturated carbocycles. The van der Waals surface area contributed by atoms with Crippen molar-refractivity contribution in [2.45, 2.75) is 50.8 Å². The van der Waals surface area contributed by atoms with Gasteiger partial charge in [0.2, 0.25) is 23.3 Å². The summed E-state index contributed by atoms with van der Waals surface area (Å²) in [6.07, 6.45) is 1.41. The van der Waals surface area contributed by atoms with Crippen LogP contribution in [0.15, 0.2) is 21.5 Å². The van der Waals surface area contributed by atoms with Crippen molar-refractivity contribution in [3.63, 3.8) is 0 Å². The van der Waals surface area contributed by atoms with Crippen LogP contribution in [0, 0.1) is 29.2 Å². The van der Waals surface area contributed by atoms with Gasteiger partial charge in [0, 0.05) is 49.6 Å². The van der Waals surface area contributed by atoms with E-state index in [4.69, 9.17) is 57.8 Å². The highest BCUT2D eigenvalue weighted by molar-refractivity contribution is 7.85. The van der Waals surface area contributed by atoms with E-state index in [1.807, 2.05) is 26.0 Å².